The SMILES string of the molecule is CCCC1CC(C(=O)NC2(c3cccc(OC)c3)CCCC2)NN1. The van der Waals surface area contributed by atoms with E-state index in [0.717, 1.165) is 56.3 Å². The summed E-state index contributed by atoms with van der Waals surface area (Å²) in [6.45, 7) is 2.17. The maximum atomic E-state index is 12.8. The lowest BCUT2D eigenvalue weighted by molar-refractivity contribution is -0.125. The molecule has 1 saturated heterocycles. The highest BCUT2D eigenvalue weighted by molar-refractivity contribution is 5.83. The number of carbonyl (C=O) groups is 1. The summed E-state index contributed by atoms with van der Waals surface area (Å²) < 4.78 is 5.37. The van der Waals surface area contributed by atoms with Gasteiger partial charge >= 0.3 is 0 Å². The number of rotatable bonds is 6. The van der Waals surface area contributed by atoms with Gasteiger partial charge in [0.1, 0.15) is 11.8 Å². The number of ether oxygens (including phenoxy) is 1. The van der Waals surface area contributed by atoms with Crippen LogP contribution in [0.15, 0.2) is 24.3 Å². The summed E-state index contributed by atoms with van der Waals surface area (Å²) >= 11 is 0. The Morgan fingerprint density at radius 1 is 1.33 bits per heavy atom. The van der Waals surface area contributed by atoms with Crippen molar-refractivity contribution >= 4 is 5.91 Å². The zero-order valence-corrected chi connectivity index (χ0v) is 14.7. The molecule has 1 aliphatic carbocycles. The molecule has 5 nitrogen and oxygen atoms in total. The zero-order valence-electron chi connectivity index (χ0n) is 14.7. The Bertz CT molecular complexity index is 569. The zero-order chi connectivity index (χ0) is 17.0. The van der Waals surface area contributed by atoms with Crippen LogP contribution in [0.1, 0.15) is 57.4 Å². The van der Waals surface area contributed by atoms with E-state index in [4.69, 9.17) is 4.74 Å². The number of benzene rings is 1. The second-order valence-electron chi connectivity index (χ2n) is 7.07. The molecule has 1 aromatic carbocycles. The van der Waals surface area contributed by atoms with Crippen LogP contribution in [0.4, 0.5) is 0 Å². The fourth-order valence-corrected chi connectivity index (χ4v) is 4.04. The van der Waals surface area contributed by atoms with Crippen molar-refractivity contribution in [2.75, 3.05) is 7.11 Å². The minimum atomic E-state index is -0.254. The lowest BCUT2D eigenvalue weighted by Crippen LogP contribution is -2.51. The Hall–Kier alpha value is -1.59. The smallest absolute Gasteiger partial charge is 0.239 e. The van der Waals surface area contributed by atoms with Gasteiger partial charge in [-0.25, -0.2) is 5.43 Å². The standard InChI is InChI=1S/C19H29N3O2/c1-3-7-15-13-17(22-21-15)18(23)20-19(10-4-5-11-19)14-8-6-9-16(12-14)24-2/h6,8-9,12,15,17,21-22H,3-5,7,10-11,13H2,1-2H3,(H,20,23). The van der Waals surface area contributed by atoms with Crippen molar-refractivity contribution in [3.05, 3.63) is 29.8 Å². The molecule has 2 atom stereocenters. The van der Waals surface area contributed by atoms with Crippen LogP contribution in [0.5, 0.6) is 5.75 Å². The van der Waals surface area contributed by atoms with Crippen LogP contribution in [-0.2, 0) is 10.3 Å². The summed E-state index contributed by atoms with van der Waals surface area (Å²) in [4.78, 5) is 12.8. The van der Waals surface area contributed by atoms with Crippen molar-refractivity contribution in [3.8, 4) is 5.75 Å². The molecule has 0 spiro atoms. The maximum Gasteiger partial charge on any atom is 0.239 e. The fraction of sp³-hybridized carbons (Fsp3) is 0.632. The van der Waals surface area contributed by atoms with E-state index < -0.39 is 0 Å². The summed E-state index contributed by atoms with van der Waals surface area (Å²) in [6.07, 6.45) is 7.35. The highest BCUT2D eigenvalue weighted by Crippen LogP contribution is 2.40. The Kier molecular flexibility index (Phi) is 5.41. The summed E-state index contributed by atoms with van der Waals surface area (Å²) in [5, 5.41) is 3.37. The molecule has 132 valence electrons. The van der Waals surface area contributed by atoms with Crippen LogP contribution in [0.3, 0.4) is 0 Å². The van der Waals surface area contributed by atoms with E-state index in [9.17, 15) is 4.79 Å². The predicted molar refractivity (Wildman–Crippen MR) is 94.7 cm³/mol. The third kappa shape index (κ3) is 3.57. The van der Waals surface area contributed by atoms with Gasteiger partial charge in [0.05, 0.1) is 12.6 Å². The minimum Gasteiger partial charge on any atom is -0.497 e. The molecule has 1 aromatic rings. The van der Waals surface area contributed by atoms with Crippen LogP contribution in [0.25, 0.3) is 0 Å². The number of hydrogen-bond acceptors (Lipinski definition) is 4. The minimum absolute atomic E-state index is 0.103. The number of amides is 1. The number of nitrogens with one attached hydrogen (secondary N) is 3. The number of methoxy groups -OCH3 is 1. The molecule has 2 fully saturated rings. The van der Waals surface area contributed by atoms with Gasteiger partial charge in [-0.15, -0.1) is 0 Å². The molecule has 2 unspecified atom stereocenters. The predicted octanol–water partition coefficient (Wildman–Crippen LogP) is 2.62. The first-order chi connectivity index (χ1) is 11.7. The first kappa shape index (κ1) is 17.2. The molecule has 24 heavy (non-hydrogen) atoms. The van der Waals surface area contributed by atoms with Crippen molar-refractivity contribution in [2.45, 2.75) is 69.5 Å². The molecule has 1 heterocycles. The van der Waals surface area contributed by atoms with E-state index in [1.807, 2.05) is 12.1 Å². The maximum absolute atomic E-state index is 12.8. The number of hydrogen-bond donors (Lipinski definition) is 3. The molecule has 0 radical (unpaired) electrons. The summed E-state index contributed by atoms with van der Waals surface area (Å²) in [6, 6.07) is 8.37. The van der Waals surface area contributed by atoms with E-state index in [-0.39, 0.29) is 17.5 Å². The fourth-order valence-electron chi connectivity index (χ4n) is 4.04. The average Bonchev–Trinajstić information content (AvgIpc) is 3.26. The van der Waals surface area contributed by atoms with Gasteiger partial charge in [0.15, 0.2) is 0 Å². The van der Waals surface area contributed by atoms with Crippen molar-refractivity contribution in [3.63, 3.8) is 0 Å². The van der Waals surface area contributed by atoms with E-state index in [1.54, 1.807) is 7.11 Å². The first-order valence-corrected chi connectivity index (χ1v) is 9.14. The van der Waals surface area contributed by atoms with Crippen molar-refractivity contribution < 1.29 is 9.53 Å². The third-order valence-electron chi connectivity index (χ3n) is 5.38. The molecule has 2 aliphatic rings. The number of hydrazine groups is 1. The van der Waals surface area contributed by atoms with Crippen molar-refractivity contribution in [2.24, 2.45) is 0 Å². The highest BCUT2D eigenvalue weighted by atomic mass is 16.5. The largest absolute Gasteiger partial charge is 0.497 e. The topological polar surface area (TPSA) is 62.4 Å². The van der Waals surface area contributed by atoms with Gasteiger partial charge < -0.3 is 10.1 Å². The second kappa shape index (κ2) is 7.53. The van der Waals surface area contributed by atoms with Gasteiger partial charge in [0.25, 0.3) is 0 Å². The van der Waals surface area contributed by atoms with Crippen LogP contribution in [-0.4, -0.2) is 25.1 Å². The molecule has 0 aromatic heterocycles. The van der Waals surface area contributed by atoms with Crippen LogP contribution >= 0.6 is 0 Å². The van der Waals surface area contributed by atoms with E-state index >= 15 is 0 Å². The van der Waals surface area contributed by atoms with Gasteiger partial charge in [-0.2, -0.15) is 0 Å². The molecular weight excluding hydrogens is 302 g/mol. The highest BCUT2D eigenvalue weighted by Gasteiger charge is 2.40. The van der Waals surface area contributed by atoms with Crippen LogP contribution in [0.2, 0.25) is 0 Å². The molecule has 3 rings (SSSR count). The van der Waals surface area contributed by atoms with Gasteiger partial charge in [0, 0.05) is 6.04 Å². The summed E-state index contributed by atoms with van der Waals surface area (Å²) in [5.74, 6) is 0.947. The van der Waals surface area contributed by atoms with Crippen molar-refractivity contribution in [1.82, 2.24) is 16.2 Å². The first-order valence-electron chi connectivity index (χ1n) is 9.14. The molecule has 0 bridgehead atoms. The van der Waals surface area contributed by atoms with Crippen LogP contribution < -0.4 is 20.9 Å². The average molecular weight is 331 g/mol. The summed E-state index contributed by atoms with van der Waals surface area (Å²) in [5.41, 5.74) is 7.33. The monoisotopic (exact) mass is 331 g/mol. The second-order valence-corrected chi connectivity index (χ2v) is 7.07. The third-order valence-corrected chi connectivity index (χ3v) is 5.38. The quantitative estimate of drug-likeness (QED) is 0.750. The van der Waals surface area contributed by atoms with Crippen LogP contribution in [0, 0.1) is 0 Å². The van der Waals surface area contributed by atoms with Gasteiger partial charge in [0.2, 0.25) is 5.91 Å². The van der Waals surface area contributed by atoms with Crippen molar-refractivity contribution in [1.29, 1.82) is 0 Å². The van der Waals surface area contributed by atoms with Gasteiger partial charge in [-0.1, -0.05) is 38.3 Å². The Balaban J connectivity index is 1.73. The lowest BCUT2D eigenvalue weighted by Gasteiger charge is -2.32. The Morgan fingerprint density at radius 2 is 2.12 bits per heavy atom. The van der Waals surface area contributed by atoms with E-state index in [2.05, 4.69) is 35.2 Å². The van der Waals surface area contributed by atoms with Gasteiger partial charge in [-0.3, -0.25) is 10.2 Å². The molecule has 1 amide bonds. The Morgan fingerprint density at radius 3 is 2.83 bits per heavy atom. The number of carbonyl (C=O) groups excluding carboxylic acids is 1. The Labute approximate surface area is 144 Å². The normalized spacial score (nSPS) is 25.6. The lowest BCUT2D eigenvalue weighted by atomic mass is 9.87. The van der Waals surface area contributed by atoms with E-state index in [1.165, 1.54) is 0 Å². The molecular formula is C19H29N3O2. The molecule has 1 aliphatic heterocycles. The van der Waals surface area contributed by atoms with Gasteiger partial charge in [-0.05, 0) is 43.4 Å². The molecule has 1 saturated carbocycles. The molecule has 3 N–H and O–H groups in total. The summed E-state index contributed by atoms with van der Waals surface area (Å²) in [7, 11) is 1.68. The van der Waals surface area contributed by atoms with E-state index in [0.29, 0.717) is 6.04 Å². The molecule has 5 heteroatoms.